The molecule has 106 valence electrons. The number of halogens is 4. The molecule has 3 aromatic carbocycles. The fourth-order valence-corrected chi connectivity index (χ4v) is 2.92. The highest BCUT2D eigenvalue weighted by Gasteiger charge is 2.20. The molecule has 3 aromatic rings. The monoisotopic (exact) mass is 308 g/mol. The van der Waals surface area contributed by atoms with Crippen LogP contribution in [0.3, 0.4) is 0 Å². The van der Waals surface area contributed by atoms with Crippen molar-refractivity contribution in [2.75, 3.05) is 0 Å². The Morgan fingerprint density at radius 2 is 1.29 bits per heavy atom. The van der Waals surface area contributed by atoms with Crippen LogP contribution in [-0.2, 0) is 0 Å². The molecule has 21 heavy (non-hydrogen) atoms. The van der Waals surface area contributed by atoms with Gasteiger partial charge in [-0.15, -0.1) is 0 Å². The first kappa shape index (κ1) is 13.9. The predicted molar refractivity (Wildman–Crippen MR) is 74.3 cm³/mol. The van der Waals surface area contributed by atoms with E-state index in [2.05, 4.69) is 0 Å². The molecule has 0 aliphatic rings. The average Bonchev–Trinajstić information content (AvgIpc) is 2.49. The van der Waals surface area contributed by atoms with Gasteiger partial charge in [0.2, 0.25) is 0 Å². The fraction of sp³-hybridized carbons (Fsp3) is 0. The summed E-state index contributed by atoms with van der Waals surface area (Å²) in [4.78, 5) is -0.181. The minimum Gasteiger partial charge on any atom is -0.204 e. The highest BCUT2D eigenvalue weighted by atomic mass is 32.2. The molecule has 0 N–H and O–H groups in total. The lowest BCUT2D eigenvalue weighted by atomic mass is 10.1. The maximum atomic E-state index is 13.6. The quantitative estimate of drug-likeness (QED) is 0.442. The molecule has 0 spiro atoms. The van der Waals surface area contributed by atoms with Crippen LogP contribution >= 0.6 is 11.8 Å². The zero-order chi connectivity index (χ0) is 15.0. The summed E-state index contributed by atoms with van der Waals surface area (Å²) in [6.45, 7) is 0. The first-order valence-electron chi connectivity index (χ1n) is 6.06. The van der Waals surface area contributed by atoms with Crippen molar-refractivity contribution < 1.29 is 17.6 Å². The van der Waals surface area contributed by atoms with Crippen LogP contribution < -0.4 is 0 Å². The number of fused-ring (bicyclic) bond motifs is 1. The van der Waals surface area contributed by atoms with Gasteiger partial charge in [-0.3, -0.25) is 0 Å². The molecule has 0 nitrogen and oxygen atoms in total. The number of rotatable bonds is 2. The van der Waals surface area contributed by atoms with Crippen LogP contribution in [0.4, 0.5) is 17.6 Å². The number of hydrogen-bond acceptors (Lipinski definition) is 1. The largest absolute Gasteiger partial charge is 0.204 e. The Kier molecular flexibility index (Phi) is 3.59. The van der Waals surface area contributed by atoms with Gasteiger partial charge in [0, 0.05) is 11.0 Å². The van der Waals surface area contributed by atoms with Crippen molar-refractivity contribution in [3.05, 3.63) is 71.8 Å². The first-order valence-corrected chi connectivity index (χ1v) is 6.87. The second kappa shape index (κ2) is 5.41. The zero-order valence-corrected chi connectivity index (χ0v) is 11.4. The van der Waals surface area contributed by atoms with Crippen molar-refractivity contribution >= 4 is 22.5 Å². The van der Waals surface area contributed by atoms with Crippen molar-refractivity contribution in [3.8, 4) is 0 Å². The topological polar surface area (TPSA) is 0 Å². The van der Waals surface area contributed by atoms with Crippen molar-refractivity contribution in [3.63, 3.8) is 0 Å². The summed E-state index contributed by atoms with van der Waals surface area (Å²) in [5.74, 6) is -5.58. The Morgan fingerprint density at radius 3 is 1.95 bits per heavy atom. The molecule has 0 unspecified atom stereocenters. The fourth-order valence-electron chi connectivity index (χ4n) is 1.99. The summed E-state index contributed by atoms with van der Waals surface area (Å²) < 4.78 is 53.6. The van der Waals surface area contributed by atoms with Crippen molar-refractivity contribution in [1.29, 1.82) is 0 Å². The van der Waals surface area contributed by atoms with E-state index in [9.17, 15) is 17.6 Å². The van der Waals surface area contributed by atoms with Gasteiger partial charge in [0.15, 0.2) is 23.3 Å². The van der Waals surface area contributed by atoms with E-state index in [1.807, 2.05) is 24.3 Å². The van der Waals surface area contributed by atoms with E-state index < -0.39 is 28.2 Å². The van der Waals surface area contributed by atoms with Crippen LogP contribution in [0.15, 0.2) is 58.3 Å². The third-order valence-corrected chi connectivity index (χ3v) is 4.06. The van der Waals surface area contributed by atoms with Crippen LogP contribution in [0, 0.1) is 23.3 Å². The second-order valence-corrected chi connectivity index (χ2v) is 5.49. The van der Waals surface area contributed by atoms with E-state index in [-0.39, 0.29) is 6.07 Å². The zero-order valence-electron chi connectivity index (χ0n) is 10.5. The van der Waals surface area contributed by atoms with E-state index in [1.165, 1.54) is 0 Å². The van der Waals surface area contributed by atoms with E-state index in [1.54, 1.807) is 18.2 Å². The molecular weight excluding hydrogens is 300 g/mol. The summed E-state index contributed by atoms with van der Waals surface area (Å²) in [5.41, 5.74) is 0. The molecule has 0 atom stereocenters. The highest BCUT2D eigenvalue weighted by Crippen LogP contribution is 2.35. The third-order valence-electron chi connectivity index (χ3n) is 3.01. The molecule has 0 amide bonds. The molecule has 0 aromatic heterocycles. The molecule has 0 fully saturated rings. The molecule has 0 bridgehead atoms. The molecular formula is C16H8F4S. The van der Waals surface area contributed by atoms with Gasteiger partial charge < -0.3 is 0 Å². The average molecular weight is 308 g/mol. The van der Waals surface area contributed by atoms with Gasteiger partial charge in [-0.2, -0.15) is 0 Å². The third kappa shape index (κ3) is 2.61. The van der Waals surface area contributed by atoms with E-state index >= 15 is 0 Å². The Morgan fingerprint density at radius 1 is 0.667 bits per heavy atom. The van der Waals surface area contributed by atoms with Crippen LogP contribution in [0.5, 0.6) is 0 Å². The SMILES string of the molecule is Fc1cc(F)c(F)c(Sc2ccc3ccccc3c2)c1F. The lowest BCUT2D eigenvalue weighted by Crippen LogP contribution is -1.97. The Hall–Kier alpha value is -2.01. The van der Waals surface area contributed by atoms with Crippen LogP contribution in [0.1, 0.15) is 0 Å². The number of hydrogen-bond donors (Lipinski definition) is 0. The molecule has 3 rings (SSSR count). The normalized spacial score (nSPS) is 11.0. The summed E-state index contributed by atoms with van der Waals surface area (Å²) in [6.07, 6.45) is 0. The lowest BCUT2D eigenvalue weighted by Gasteiger charge is -2.07. The Bertz CT molecular complexity index is 804. The molecule has 0 saturated carbocycles. The smallest absolute Gasteiger partial charge is 0.175 e. The maximum Gasteiger partial charge on any atom is 0.175 e. The van der Waals surface area contributed by atoms with Crippen molar-refractivity contribution in [1.82, 2.24) is 0 Å². The molecule has 5 heteroatoms. The Balaban J connectivity index is 2.06. The van der Waals surface area contributed by atoms with Gasteiger partial charge in [0.1, 0.15) is 0 Å². The summed E-state index contributed by atoms with van der Waals surface area (Å²) in [7, 11) is 0. The molecule has 0 radical (unpaired) electrons. The Labute approximate surface area is 122 Å². The second-order valence-electron chi connectivity index (χ2n) is 4.41. The summed E-state index contributed by atoms with van der Waals surface area (Å²) in [5, 5.41) is 1.84. The summed E-state index contributed by atoms with van der Waals surface area (Å²) in [6, 6.07) is 12.8. The highest BCUT2D eigenvalue weighted by molar-refractivity contribution is 7.99. The first-order chi connectivity index (χ1) is 10.1. The van der Waals surface area contributed by atoms with Gasteiger partial charge in [0.05, 0.1) is 4.90 Å². The van der Waals surface area contributed by atoms with Gasteiger partial charge >= 0.3 is 0 Å². The van der Waals surface area contributed by atoms with Crippen LogP contribution in [0.25, 0.3) is 10.8 Å². The van der Waals surface area contributed by atoms with Crippen molar-refractivity contribution in [2.24, 2.45) is 0 Å². The van der Waals surface area contributed by atoms with E-state index in [0.717, 1.165) is 10.8 Å². The number of benzene rings is 3. The van der Waals surface area contributed by atoms with Gasteiger partial charge in [-0.05, 0) is 22.9 Å². The molecule has 0 heterocycles. The van der Waals surface area contributed by atoms with E-state index in [4.69, 9.17) is 0 Å². The van der Waals surface area contributed by atoms with Gasteiger partial charge in [-0.25, -0.2) is 17.6 Å². The summed E-state index contributed by atoms with van der Waals surface area (Å²) >= 11 is 0.654. The van der Waals surface area contributed by atoms with Crippen molar-refractivity contribution in [2.45, 2.75) is 9.79 Å². The van der Waals surface area contributed by atoms with Gasteiger partial charge in [-0.1, -0.05) is 42.1 Å². The standard InChI is InChI=1S/C16H8F4S/c17-12-8-13(18)15(20)16(14(12)19)21-11-6-5-9-3-1-2-4-10(9)7-11/h1-8H. The molecule has 0 aliphatic heterocycles. The molecule has 0 saturated heterocycles. The van der Waals surface area contributed by atoms with Crippen LogP contribution in [0.2, 0.25) is 0 Å². The maximum absolute atomic E-state index is 13.6. The minimum atomic E-state index is -1.41. The van der Waals surface area contributed by atoms with Gasteiger partial charge in [0.25, 0.3) is 0 Å². The predicted octanol–water partition coefficient (Wildman–Crippen LogP) is 5.55. The minimum absolute atomic E-state index is 0.203. The molecule has 0 aliphatic carbocycles. The lowest BCUT2D eigenvalue weighted by molar-refractivity contribution is 0.426. The van der Waals surface area contributed by atoms with Crippen LogP contribution in [-0.4, -0.2) is 0 Å². The van der Waals surface area contributed by atoms with E-state index in [0.29, 0.717) is 16.7 Å².